The van der Waals surface area contributed by atoms with Crippen LogP contribution in [0.1, 0.15) is 37.3 Å². The van der Waals surface area contributed by atoms with Crippen molar-refractivity contribution in [2.45, 2.75) is 80.1 Å². The van der Waals surface area contributed by atoms with Crippen LogP contribution in [0.4, 0.5) is 0 Å². The van der Waals surface area contributed by atoms with Crippen molar-refractivity contribution >= 4 is 29.8 Å². The van der Waals surface area contributed by atoms with E-state index in [0.717, 1.165) is 18.1 Å². The van der Waals surface area contributed by atoms with Crippen molar-refractivity contribution in [1.29, 1.82) is 0 Å². The number of esters is 2. The lowest BCUT2D eigenvalue weighted by atomic mass is 9.50. The van der Waals surface area contributed by atoms with Gasteiger partial charge in [-0.25, -0.2) is 14.4 Å². The predicted molar refractivity (Wildman–Crippen MR) is 147 cm³/mol. The van der Waals surface area contributed by atoms with E-state index in [0.29, 0.717) is 30.9 Å². The molecule has 0 unspecified atom stereocenters. The number of rotatable bonds is 11. The van der Waals surface area contributed by atoms with Gasteiger partial charge in [-0.2, -0.15) is 0 Å². The number of amides is 1. The Morgan fingerprint density at radius 3 is 2.47 bits per heavy atom. The van der Waals surface area contributed by atoms with E-state index in [4.69, 9.17) is 29.2 Å². The summed E-state index contributed by atoms with van der Waals surface area (Å²) >= 11 is 0. The summed E-state index contributed by atoms with van der Waals surface area (Å²) < 4.78 is 22.1. The topological polar surface area (TPSA) is 239 Å². The molecule has 1 spiro atoms. The maximum atomic E-state index is 13.0. The van der Waals surface area contributed by atoms with Crippen molar-refractivity contribution in [2.75, 3.05) is 20.7 Å². The number of carboxylic acid groups (broad SMARTS) is 2. The number of likely N-dealkylation sites (N-methyl/N-ethyl adjacent to an activating group) is 1. The first kappa shape index (κ1) is 32.2. The molecule has 0 aromatic heterocycles. The number of methoxy groups -OCH3 is 1. The average Bonchev–Trinajstić information content (AvgIpc) is 3.34. The van der Waals surface area contributed by atoms with Gasteiger partial charge in [-0.15, -0.1) is 0 Å². The zero-order valence-corrected chi connectivity index (χ0v) is 24.6. The normalized spacial score (nSPS) is 28.6. The summed E-state index contributed by atoms with van der Waals surface area (Å²) in [5, 5.41) is 52.9. The van der Waals surface area contributed by atoms with Crippen LogP contribution in [-0.4, -0.2) is 123 Å². The highest BCUT2D eigenvalue weighted by molar-refractivity contribution is 5.91. The third kappa shape index (κ3) is 5.07. The molecule has 2 aliphatic heterocycles. The van der Waals surface area contributed by atoms with Gasteiger partial charge in [-0.3, -0.25) is 9.59 Å². The molecule has 1 saturated heterocycles. The first-order valence-electron chi connectivity index (χ1n) is 14.2. The molecule has 1 aromatic rings. The Bertz CT molecular complexity index is 1480. The Morgan fingerprint density at radius 2 is 1.82 bits per heavy atom. The van der Waals surface area contributed by atoms with Crippen molar-refractivity contribution in [3.63, 3.8) is 0 Å². The number of benzene rings is 1. The standard InChI is InChI=1S/C29H34N2O14/c1-12(24(36)30-14(25(37)38)11-18(32)33)43-26(39)20(34)21(35)27(40)44-16-6-7-29(41)17-10-13-4-5-15(42-3)22-19(13)28(29,23(16)45-22)8-9-31(17)2/h4-6,12,14,17,20-21,23,34-35,41H,7-11H2,1-3H3,(H,30,36)(H,32,33)(H,37,38)/t12-,14+,17-,20+,21+,23+,28+,29-/m0/s1. The van der Waals surface area contributed by atoms with E-state index >= 15 is 0 Å². The van der Waals surface area contributed by atoms with Crippen molar-refractivity contribution in [1.82, 2.24) is 10.2 Å². The van der Waals surface area contributed by atoms with Gasteiger partial charge < -0.3 is 54.7 Å². The Kier molecular flexibility index (Phi) is 8.28. The fourth-order valence-electron chi connectivity index (χ4n) is 6.98. The van der Waals surface area contributed by atoms with Gasteiger partial charge in [0.2, 0.25) is 0 Å². The highest BCUT2D eigenvalue weighted by Gasteiger charge is 2.72. The fraction of sp³-hybridized carbons (Fsp3) is 0.552. The predicted octanol–water partition coefficient (Wildman–Crippen LogP) is -1.79. The van der Waals surface area contributed by atoms with E-state index < -0.39 is 77.7 Å². The molecule has 8 atom stereocenters. The van der Waals surface area contributed by atoms with Gasteiger partial charge in [0.15, 0.2) is 35.9 Å². The third-order valence-electron chi connectivity index (χ3n) is 9.21. The van der Waals surface area contributed by atoms with Crippen LogP contribution in [0.5, 0.6) is 11.5 Å². The van der Waals surface area contributed by atoms with E-state index in [1.165, 1.54) is 13.2 Å². The minimum absolute atomic E-state index is 0.0374. The van der Waals surface area contributed by atoms with Crippen molar-refractivity contribution < 1.29 is 68.5 Å². The van der Waals surface area contributed by atoms with Crippen LogP contribution in [0, 0.1) is 0 Å². The molecule has 4 aliphatic rings. The highest BCUT2D eigenvalue weighted by Crippen LogP contribution is 2.65. The molecule has 0 radical (unpaired) electrons. The minimum Gasteiger partial charge on any atom is -0.493 e. The molecule has 16 heteroatoms. The number of aliphatic hydroxyl groups excluding tert-OH is 2. The summed E-state index contributed by atoms with van der Waals surface area (Å²) in [4.78, 5) is 61.9. The number of piperidine rings is 1. The van der Waals surface area contributed by atoms with Crippen LogP contribution in [0.3, 0.4) is 0 Å². The van der Waals surface area contributed by atoms with Gasteiger partial charge in [0.25, 0.3) is 5.91 Å². The van der Waals surface area contributed by atoms with Crippen LogP contribution < -0.4 is 14.8 Å². The van der Waals surface area contributed by atoms with E-state index in [9.17, 15) is 39.3 Å². The number of carbonyl (C=O) groups excluding carboxylic acids is 3. The lowest BCUT2D eigenvalue weighted by Gasteiger charge is -2.61. The lowest BCUT2D eigenvalue weighted by molar-refractivity contribution is -0.181. The first-order valence-corrected chi connectivity index (χ1v) is 14.2. The average molecular weight is 635 g/mol. The molecule has 1 aromatic carbocycles. The number of likely N-dealkylation sites (tertiary alicyclic amines) is 1. The second kappa shape index (κ2) is 11.6. The number of hydrogen-bond donors (Lipinski definition) is 6. The number of carbonyl (C=O) groups is 5. The van der Waals surface area contributed by atoms with Crippen LogP contribution in [0.25, 0.3) is 0 Å². The Labute approximate surface area is 256 Å². The second-order valence-electron chi connectivity index (χ2n) is 11.7. The van der Waals surface area contributed by atoms with Gasteiger partial charge in [-0.1, -0.05) is 6.07 Å². The smallest absolute Gasteiger partial charge is 0.343 e. The number of aliphatic carboxylic acids is 2. The van der Waals surface area contributed by atoms with Gasteiger partial charge in [-0.05, 0) is 51.1 Å². The Balaban J connectivity index is 1.31. The van der Waals surface area contributed by atoms with Crippen LogP contribution >= 0.6 is 0 Å². The van der Waals surface area contributed by atoms with Crippen LogP contribution in [-0.2, 0) is 45.3 Å². The summed E-state index contributed by atoms with van der Waals surface area (Å²) in [6, 6.07) is 1.58. The number of hydrogen-bond acceptors (Lipinski definition) is 13. The summed E-state index contributed by atoms with van der Waals surface area (Å²) in [5.74, 6) is -6.60. The molecule has 45 heavy (non-hydrogen) atoms. The maximum Gasteiger partial charge on any atom is 0.343 e. The first-order chi connectivity index (χ1) is 21.2. The largest absolute Gasteiger partial charge is 0.493 e. The summed E-state index contributed by atoms with van der Waals surface area (Å²) in [6.45, 7) is 1.61. The van der Waals surface area contributed by atoms with Crippen molar-refractivity contribution in [3.8, 4) is 11.5 Å². The van der Waals surface area contributed by atoms with Crippen molar-refractivity contribution in [2.24, 2.45) is 0 Å². The molecule has 16 nitrogen and oxygen atoms in total. The maximum absolute atomic E-state index is 13.0. The lowest BCUT2D eigenvalue weighted by Crippen LogP contribution is -2.74. The summed E-state index contributed by atoms with van der Waals surface area (Å²) in [6.07, 6.45) is -6.13. The molecule has 2 heterocycles. The molecular formula is C29H34N2O14. The van der Waals surface area contributed by atoms with Gasteiger partial charge in [0.1, 0.15) is 11.8 Å². The molecule has 6 N–H and O–H groups in total. The molecule has 1 fully saturated rings. The monoisotopic (exact) mass is 634 g/mol. The molecule has 5 rings (SSSR count). The Morgan fingerprint density at radius 1 is 1.13 bits per heavy atom. The van der Waals surface area contributed by atoms with E-state index in [-0.39, 0.29) is 18.2 Å². The number of nitrogens with one attached hydrogen (secondary N) is 1. The van der Waals surface area contributed by atoms with Crippen LogP contribution in [0.15, 0.2) is 24.0 Å². The van der Waals surface area contributed by atoms with E-state index in [1.807, 2.05) is 18.4 Å². The molecule has 244 valence electrons. The Hall–Kier alpha value is -4.25. The summed E-state index contributed by atoms with van der Waals surface area (Å²) in [5.41, 5.74) is -0.596. The molecule has 2 aliphatic carbocycles. The second-order valence-corrected chi connectivity index (χ2v) is 11.7. The van der Waals surface area contributed by atoms with Gasteiger partial charge >= 0.3 is 23.9 Å². The SMILES string of the molecule is COc1ccc2c3c1O[C@@H]1C(OC(=O)[C@H](O)[C@@H](O)C(=O)O[C@@H](C)C(=O)N[C@H](CC(=O)O)C(=O)O)=CC[C@]4(O)[C@H](C2)N(C)CC[C@@]314. The molecule has 2 bridgehead atoms. The van der Waals surface area contributed by atoms with Crippen LogP contribution in [0.2, 0.25) is 0 Å². The van der Waals surface area contributed by atoms with Crippen molar-refractivity contribution in [3.05, 3.63) is 35.1 Å². The molecule has 1 amide bonds. The third-order valence-corrected chi connectivity index (χ3v) is 9.21. The fourth-order valence-corrected chi connectivity index (χ4v) is 6.98. The van der Waals surface area contributed by atoms with Gasteiger partial charge in [0.05, 0.1) is 24.5 Å². The number of ether oxygens (including phenoxy) is 4. The zero-order chi connectivity index (χ0) is 33.0. The zero-order valence-electron chi connectivity index (χ0n) is 24.6. The van der Waals surface area contributed by atoms with Gasteiger partial charge in [0, 0.05) is 18.0 Å². The number of aliphatic hydroxyl groups is 3. The molecule has 0 saturated carbocycles. The quantitative estimate of drug-likeness (QED) is 0.147. The summed E-state index contributed by atoms with van der Waals surface area (Å²) in [7, 11) is 3.41. The minimum atomic E-state index is -2.52. The van der Waals surface area contributed by atoms with E-state index in [2.05, 4.69) is 4.90 Å². The highest BCUT2D eigenvalue weighted by atomic mass is 16.6. The van der Waals surface area contributed by atoms with E-state index in [1.54, 1.807) is 6.07 Å². The number of nitrogens with zero attached hydrogens (tertiary/aromatic N) is 1. The molecular weight excluding hydrogens is 600 g/mol. The number of carboxylic acids is 2.